The van der Waals surface area contributed by atoms with Crippen LogP contribution in [0.15, 0.2) is 30.3 Å². The number of hydrogen-bond donors (Lipinski definition) is 0. The fourth-order valence-corrected chi connectivity index (χ4v) is 2.30. The zero-order valence-corrected chi connectivity index (χ0v) is 10.6. The summed E-state index contributed by atoms with van der Waals surface area (Å²) in [4.78, 5) is 25.4. The van der Waals surface area contributed by atoms with E-state index in [1.54, 1.807) is 4.90 Å². The number of benzene rings is 1. The smallest absolute Gasteiger partial charge is 0.222 e. The monoisotopic (exact) mass is 245 g/mol. The summed E-state index contributed by atoms with van der Waals surface area (Å²) >= 11 is 0. The molecule has 2 rings (SSSR count). The number of carbonyl (C=O) groups excluding carboxylic acids is 2. The predicted octanol–water partition coefficient (Wildman–Crippen LogP) is 2.20. The first-order valence-electron chi connectivity index (χ1n) is 6.59. The number of likely N-dealkylation sites (tertiary alicyclic amines) is 1. The topological polar surface area (TPSA) is 37.4 Å². The molecule has 0 N–H and O–H groups in total. The van der Waals surface area contributed by atoms with E-state index in [1.807, 2.05) is 30.3 Å². The molecule has 3 heteroatoms. The van der Waals surface area contributed by atoms with Crippen LogP contribution < -0.4 is 0 Å². The Morgan fingerprint density at radius 2 is 1.89 bits per heavy atom. The lowest BCUT2D eigenvalue weighted by Crippen LogP contribution is -2.35. The predicted molar refractivity (Wildman–Crippen MR) is 70.2 cm³/mol. The van der Waals surface area contributed by atoms with Crippen LogP contribution in [0, 0.1) is 0 Å². The zero-order valence-electron chi connectivity index (χ0n) is 10.6. The van der Waals surface area contributed by atoms with E-state index in [4.69, 9.17) is 0 Å². The highest BCUT2D eigenvalue weighted by atomic mass is 16.2. The summed E-state index contributed by atoms with van der Waals surface area (Å²) in [5.41, 5.74) is 1.02. The quantitative estimate of drug-likeness (QED) is 0.815. The van der Waals surface area contributed by atoms with Gasteiger partial charge in [0.2, 0.25) is 5.91 Å². The molecular formula is C15H19NO2. The van der Waals surface area contributed by atoms with Crippen molar-refractivity contribution in [2.24, 2.45) is 0 Å². The van der Waals surface area contributed by atoms with Crippen LogP contribution in [-0.4, -0.2) is 29.7 Å². The van der Waals surface area contributed by atoms with Gasteiger partial charge in [-0.2, -0.15) is 0 Å². The summed E-state index contributed by atoms with van der Waals surface area (Å²) in [6, 6.07) is 9.69. The maximum absolute atomic E-state index is 11.9. The molecule has 0 unspecified atom stereocenters. The van der Waals surface area contributed by atoms with Gasteiger partial charge in [-0.25, -0.2) is 0 Å². The Morgan fingerprint density at radius 3 is 2.67 bits per heavy atom. The minimum Gasteiger partial charge on any atom is -0.335 e. The molecular weight excluding hydrogens is 226 g/mol. The lowest BCUT2D eigenvalue weighted by Gasteiger charge is -2.19. The highest BCUT2D eigenvalue weighted by Crippen LogP contribution is 2.11. The first-order chi connectivity index (χ1) is 8.75. The lowest BCUT2D eigenvalue weighted by molar-refractivity contribution is -0.134. The zero-order chi connectivity index (χ0) is 12.8. The third-order valence-electron chi connectivity index (χ3n) is 3.28. The largest absolute Gasteiger partial charge is 0.335 e. The van der Waals surface area contributed by atoms with Gasteiger partial charge in [-0.05, 0) is 18.4 Å². The molecule has 1 aliphatic heterocycles. The molecule has 1 aromatic rings. The minimum absolute atomic E-state index is 0.122. The van der Waals surface area contributed by atoms with E-state index in [2.05, 4.69) is 0 Å². The highest BCUT2D eigenvalue weighted by molar-refractivity contribution is 5.87. The molecule has 18 heavy (non-hydrogen) atoms. The van der Waals surface area contributed by atoms with Crippen molar-refractivity contribution in [1.29, 1.82) is 0 Å². The molecule has 0 radical (unpaired) electrons. The van der Waals surface area contributed by atoms with Gasteiger partial charge in [0.05, 0.1) is 6.54 Å². The molecule has 1 saturated heterocycles. The normalized spacial score (nSPS) is 16.4. The van der Waals surface area contributed by atoms with Crippen LogP contribution in [0.25, 0.3) is 0 Å². The second-order valence-corrected chi connectivity index (χ2v) is 4.83. The third kappa shape index (κ3) is 3.69. The Morgan fingerprint density at radius 1 is 1.11 bits per heavy atom. The molecule has 1 amide bonds. The summed E-state index contributed by atoms with van der Waals surface area (Å²) < 4.78 is 0. The van der Waals surface area contributed by atoms with E-state index < -0.39 is 0 Å². The average Bonchev–Trinajstić information content (AvgIpc) is 2.56. The molecule has 1 fully saturated rings. The molecule has 1 aliphatic rings. The number of hydrogen-bond acceptors (Lipinski definition) is 2. The Balaban J connectivity index is 1.88. The van der Waals surface area contributed by atoms with E-state index >= 15 is 0 Å². The fraction of sp³-hybridized carbons (Fsp3) is 0.467. The van der Waals surface area contributed by atoms with Gasteiger partial charge in [0.25, 0.3) is 0 Å². The maximum Gasteiger partial charge on any atom is 0.222 e. The van der Waals surface area contributed by atoms with Crippen LogP contribution in [0.3, 0.4) is 0 Å². The molecule has 0 aliphatic carbocycles. The van der Waals surface area contributed by atoms with E-state index in [9.17, 15) is 9.59 Å². The van der Waals surface area contributed by atoms with Crippen molar-refractivity contribution in [3.8, 4) is 0 Å². The van der Waals surface area contributed by atoms with Crippen LogP contribution in [-0.2, 0) is 16.0 Å². The third-order valence-corrected chi connectivity index (χ3v) is 3.28. The Labute approximate surface area is 108 Å². The van der Waals surface area contributed by atoms with Crippen LogP contribution in [0.1, 0.15) is 31.2 Å². The van der Waals surface area contributed by atoms with E-state index in [0.717, 1.165) is 31.4 Å². The highest BCUT2D eigenvalue weighted by Gasteiger charge is 2.18. The molecule has 1 heterocycles. The van der Waals surface area contributed by atoms with Crippen molar-refractivity contribution in [2.75, 3.05) is 13.1 Å². The molecule has 3 nitrogen and oxygen atoms in total. The van der Waals surface area contributed by atoms with Crippen molar-refractivity contribution >= 4 is 11.7 Å². The summed E-state index contributed by atoms with van der Waals surface area (Å²) in [6.45, 7) is 1.01. The average molecular weight is 245 g/mol. The lowest BCUT2D eigenvalue weighted by atomic mass is 10.1. The summed E-state index contributed by atoms with van der Waals surface area (Å²) in [5.74, 6) is 0.255. The number of nitrogens with zero attached hydrogens (tertiary/aromatic N) is 1. The first-order valence-corrected chi connectivity index (χ1v) is 6.59. The number of rotatable bonds is 4. The summed E-state index contributed by atoms with van der Waals surface area (Å²) in [6.07, 6.45) is 4.09. The Kier molecular flexibility index (Phi) is 4.51. The summed E-state index contributed by atoms with van der Waals surface area (Å²) in [7, 11) is 0. The van der Waals surface area contributed by atoms with Crippen LogP contribution in [0.5, 0.6) is 0 Å². The van der Waals surface area contributed by atoms with Crippen LogP contribution >= 0.6 is 0 Å². The number of ketones is 1. The molecule has 0 saturated carbocycles. The van der Waals surface area contributed by atoms with Gasteiger partial charge in [-0.1, -0.05) is 36.8 Å². The van der Waals surface area contributed by atoms with Gasteiger partial charge in [-0.3, -0.25) is 9.59 Å². The molecule has 0 aromatic heterocycles. The molecule has 0 atom stereocenters. The molecule has 0 bridgehead atoms. The van der Waals surface area contributed by atoms with Crippen molar-refractivity contribution in [3.63, 3.8) is 0 Å². The van der Waals surface area contributed by atoms with Crippen molar-refractivity contribution in [1.82, 2.24) is 4.90 Å². The fourth-order valence-electron chi connectivity index (χ4n) is 2.30. The van der Waals surface area contributed by atoms with Gasteiger partial charge >= 0.3 is 0 Å². The van der Waals surface area contributed by atoms with Crippen LogP contribution in [0.2, 0.25) is 0 Å². The Hall–Kier alpha value is -1.64. The number of Topliss-reactive ketones (excluding diaryl/α,β-unsaturated/α-hetero) is 1. The van der Waals surface area contributed by atoms with Gasteiger partial charge in [0, 0.05) is 19.4 Å². The molecule has 1 aromatic carbocycles. The van der Waals surface area contributed by atoms with Gasteiger partial charge < -0.3 is 4.90 Å². The van der Waals surface area contributed by atoms with Gasteiger partial charge in [0.1, 0.15) is 0 Å². The number of amides is 1. The van der Waals surface area contributed by atoms with Gasteiger partial charge in [-0.15, -0.1) is 0 Å². The van der Waals surface area contributed by atoms with Crippen molar-refractivity contribution < 1.29 is 9.59 Å². The Bertz CT molecular complexity index is 414. The van der Waals surface area contributed by atoms with E-state index in [1.165, 1.54) is 0 Å². The minimum atomic E-state index is 0.122. The van der Waals surface area contributed by atoms with Crippen molar-refractivity contribution in [2.45, 2.75) is 32.1 Å². The second kappa shape index (κ2) is 6.34. The molecule has 0 spiro atoms. The van der Waals surface area contributed by atoms with Crippen LogP contribution in [0.4, 0.5) is 0 Å². The van der Waals surface area contributed by atoms with E-state index in [-0.39, 0.29) is 18.2 Å². The van der Waals surface area contributed by atoms with Crippen molar-refractivity contribution in [3.05, 3.63) is 35.9 Å². The standard InChI is InChI=1S/C15H19NO2/c17-14(11-13-7-3-1-4-8-13)12-16-10-6-2-5-9-15(16)18/h1,3-4,7-8H,2,5-6,9-12H2. The number of carbonyl (C=O) groups is 2. The molecule has 96 valence electrons. The van der Waals surface area contributed by atoms with Gasteiger partial charge in [0.15, 0.2) is 5.78 Å². The maximum atomic E-state index is 11.9. The summed E-state index contributed by atoms with van der Waals surface area (Å²) in [5, 5.41) is 0. The van der Waals surface area contributed by atoms with E-state index in [0.29, 0.717) is 12.8 Å². The first kappa shape index (κ1) is 12.8. The second-order valence-electron chi connectivity index (χ2n) is 4.83. The SMILES string of the molecule is O=C(Cc1ccccc1)CN1CCCCCC1=O.